The SMILES string of the molecule is CC.CN.Cc1cccc(-c2nc(C)nc3ccc(C4CCS(=N)CC4)cc23)c1. The van der Waals surface area contributed by atoms with Crippen LogP contribution in [0.5, 0.6) is 0 Å². The standard InChI is InChI=1S/C21H23N3S.C2H6.CH5N/c1-14-4-3-5-18(12-14)21-19-13-17(16-8-10-25(22)11-9-16)6-7-20(19)23-15(2)24-21;2*1-2/h3-7,12-13,16,22H,8-11H2,1-2H3;1-2H3;2H2,1H3. The molecule has 4 nitrogen and oxygen atoms in total. The van der Waals surface area contributed by atoms with Crippen LogP contribution in [0.2, 0.25) is 0 Å². The topological polar surface area (TPSA) is 75.7 Å². The lowest BCUT2D eigenvalue weighted by atomic mass is 9.91. The molecule has 1 aliphatic rings. The molecular weight excluding hydrogens is 376 g/mol. The molecule has 4 rings (SSSR count). The molecule has 0 amide bonds. The van der Waals surface area contributed by atoms with Gasteiger partial charge in [-0.3, -0.25) is 4.78 Å². The number of fused-ring (bicyclic) bond motifs is 1. The highest BCUT2D eigenvalue weighted by molar-refractivity contribution is 7.86. The Kier molecular flexibility index (Phi) is 8.93. The van der Waals surface area contributed by atoms with E-state index >= 15 is 0 Å². The maximum atomic E-state index is 7.95. The van der Waals surface area contributed by atoms with E-state index in [1.54, 1.807) is 0 Å². The van der Waals surface area contributed by atoms with Crippen LogP contribution in [0.15, 0.2) is 42.5 Å². The third-order valence-corrected chi connectivity index (χ3v) is 6.48. The van der Waals surface area contributed by atoms with E-state index in [1.807, 2.05) is 20.8 Å². The van der Waals surface area contributed by atoms with Crippen molar-refractivity contribution in [2.75, 3.05) is 18.6 Å². The van der Waals surface area contributed by atoms with Crippen molar-refractivity contribution in [3.05, 3.63) is 59.4 Å². The maximum absolute atomic E-state index is 7.95. The molecular formula is C24H34N4S. The summed E-state index contributed by atoms with van der Waals surface area (Å²) in [5.41, 5.74) is 10.3. The van der Waals surface area contributed by atoms with Gasteiger partial charge in [-0.15, -0.1) is 10.7 Å². The normalized spacial score (nSPS) is 18.3. The van der Waals surface area contributed by atoms with Gasteiger partial charge in [0.1, 0.15) is 5.82 Å². The maximum Gasteiger partial charge on any atom is 0.126 e. The van der Waals surface area contributed by atoms with Gasteiger partial charge in [-0.25, -0.2) is 9.97 Å². The van der Waals surface area contributed by atoms with Crippen LogP contribution < -0.4 is 5.73 Å². The molecule has 3 N–H and O–H groups in total. The molecule has 0 spiro atoms. The summed E-state index contributed by atoms with van der Waals surface area (Å²) in [7, 11) is 1.37. The Morgan fingerprint density at radius 3 is 2.31 bits per heavy atom. The highest BCUT2D eigenvalue weighted by atomic mass is 32.2. The van der Waals surface area contributed by atoms with Crippen molar-refractivity contribution in [1.29, 1.82) is 4.78 Å². The highest BCUT2D eigenvalue weighted by Crippen LogP contribution is 2.33. The zero-order chi connectivity index (χ0) is 21.4. The number of nitrogens with two attached hydrogens (primary N) is 1. The number of hydrogen-bond acceptors (Lipinski definition) is 4. The lowest BCUT2D eigenvalue weighted by molar-refractivity contribution is 0.634. The van der Waals surface area contributed by atoms with Crippen molar-refractivity contribution in [3.63, 3.8) is 0 Å². The molecule has 0 bridgehead atoms. The van der Waals surface area contributed by atoms with Gasteiger partial charge < -0.3 is 5.73 Å². The largest absolute Gasteiger partial charge is 0.333 e. The monoisotopic (exact) mass is 410 g/mol. The van der Waals surface area contributed by atoms with Crippen LogP contribution in [-0.4, -0.2) is 28.5 Å². The lowest BCUT2D eigenvalue weighted by Crippen LogP contribution is -2.16. The smallest absolute Gasteiger partial charge is 0.126 e. The number of hydrogen-bond donors (Lipinski definition) is 2. The van der Waals surface area contributed by atoms with Crippen LogP contribution in [0, 0.1) is 18.6 Å². The molecule has 1 aromatic heterocycles. The van der Waals surface area contributed by atoms with Crippen molar-refractivity contribution in [1.82, 2.24) is 9.97 Å². The summed E-state index contributed by atoms with van der Waals surface area (Å²) in [6, 6.07) is 15.2. The zero-order valence-electron chi connectivity index (χ0n) is 18.3. The van der Waals surface area contributed by atoms with E-state index in [9.17, 15) is 0 Å². The van der Waals surface area contributed by atoms with E-state index in [2.05, 4.69) is 60.1 Å². The van der Waals surface area contributed by atoms with Crippen molar-refractivity contribution < 1.29 is 0 Å². The van der Waals surface area contributed by atoms with Gasteiger partial charge in [-0.05, 0) is 63.4 Å². The molecule has 0 aliphatic carbocycles. The first kappa shape index (κ1) is 23.2. The minimum Gasteiger partial charge on any atom is -0.333 e. The molecule has 0 radical (unpaired) electrons. The van der Waals surface area contributed by atoms with Crippen LogP contribution in [0.25, 0.3) is 22.2 Å². The summed E-state index contributed by atoms with van der Waals surface area (Å²) < 4.78 is 7.95. The third kappa shape index (κ3) is 5.71. The van der Waals surface area contributed by atoms with E-state index in [1.165, 1.54) is 18.2 Å². The number of nitrogens with one attached hydrogen (secondary N) is 1. The quantitative estimate of drug-likeness (QED) is 0.563. The first-order valence-corrected chi connectivity index (χ1v) is 12.0. The third-order valence-electron chi connectivity index (χ3n) is 5.02. The Morgan fingerprint density at radius 2 is 1.66 bits per heavy atom. The molecule has 0 saturated carbocycles. The average molecular weight is 411 g/mol. The number of benzene rings is 2. The number of rotatable bonds is 2. The Labute approximate surface area is 177 Å². The van der Waals surface area contributed by atoms with Gasteiger partial charge in [0.05, 0.1) is 11.2 Å². The molecule has 2 heterocycles. The van der Waals surface area contributed by atoms with Gasteiger partial charge in [0, 0.05) is 22.5 Å². The molecule has 29 heavy (non-hydrogen) atoms. The second-order valence-corrected chi connectivity index (χ2v) is 8.74. The van der Waals surface area contributed by atoms with Gasteiger partial charge in [-0.2, -0.15) is 0 Å². The van der Waals surface area contributed by atoms with Crippen LogP contribution in [0.3, 0.4) is 0 Å². The molecule has 2 aromatic carbocycles. The minimum atomic E-state index is -0.126. The number of aryl methyl sites for hydroxylation is 2. The molecule has 156 valence electrons. The molecule has 1 saturated heterocycles. The first-order chi connectivity index (χ1) is 14.1. The summed E-state index contributed by atoms with van der Waals surface area (Å²) in [5.74, 6) is 3.47. The van der Waals surface area contributed by atoms with Crippen molar-refractivity contribution in [2.45, 2.75) is 46.5 Å². The Hall–Kier alpha value is -2.11. The van der Waals surface area contributed by atoms with Gasteiger partial charge in [-0.1, -0.05) is 43.7 Å². The second-order valence-electron chi connectivity index (χ2n) is 6.94. The fraction of sp³-hybridized carbons (Fsp3) is 0.417. The molecule has 5 heteroatoms. The summed E-state index contributed by atoms with van der Waals surface area (Å²) >= 11 is 0. The highest BCUT2D eigenvalue weighted by Gasteiger charge is 2.19. The Balaban J connectivity index is 0.000000707. The predicted octanol–water partition coefficient (Wildman–Crippen LogP) is 5.77. The van der Waals surface area contributed by atoms with E-state index in [4.69, 9.17) is 9.76 Å². The number of aromatic nitrogens is 2. The van der Waals surface area contributed by atoms with Crippen LogP contribution in [0.4, 0.5) is 0 Å². The molecule has 1 fully saturated rings. The van der Waals surface area contributed by atoms with E-state index < -0.39 is 0 Å². The van der Waals surface area contributed by atoms with E-state index in [0.717, 1.165) is 52.3 Å². The van der Waals surface area contributed by atoms with Gasteiger partial charge in [0.2, 0.25) is 0 Å². The summed E-state index contributed by atoms with van der Waals surface area (Å²) in [6.45, 7) is 8.08. The molecule has 3 aromatic rings. The predicted molar refractivity (Wildman–Crippen MR) is 128 cm³/mol. The summed E-state index contributed by atoms with van der Waals surface area (Å²) in [6.07, 6.45) is 2.26. The molecule has 0 atom stereocenters. The summed E-state index contributed by atoms with van der Waals surface area (Å²) in [4.78, 5) is 9.41. The van der Waals surface area contributed by atoms with Crippen LogP contribution in [0.1, 0.15) is 49.6 Å². The first-order valence-electron chi connectivity index (χ1n) is 10.4. The molecule has 0 unspecified atom stereocenters. The minimum absolute atomic E-state index is 0.126. The van der Waals surface area contributed by atoms with Crippen molar-refractivity contribution >= 4 is 21.6 Å². The van der Waals surface area contributed by atoms with Crippen molar-refractivity contribution in [2.24, 2.45) is 5.73 Å². The van der Waals surface area contributed by atoms with Gasteiger partial charge in [0.25, 0.3) is 0 Å². The van der Waals surface area contributed by atoms with Crippen molar-refractivity contribution in [3.8, 4) is 11.3 Å². The van der Waals surface area contributed by atoms with Crippen LogP contribution in [-0.2, 0) is 10.7 Å². The van der Waals surface area contributed by atoms with Gasteiger partial charge in [0.15, 0.2) is 0 Å². The lowest BCUT2D eigenvalue weighted by Gasteiger charge is -2.23. The zero-order valence-corrected chi connectivity index (χ0v) is 19.1. The molecule has 1 aliphatic heterocycles. The fourth-order valence-corrected chi connectivity index (χ4v) is 5.02. The van der Waals surface area contributed by atoms with Gasteiger partial charge >= 0.3 is 0 Å². The van der Waals surface area contributed by atoms with E-state index in [0.29, 0.717) is 5.92 Å². The summed E-state index contributed by atoms with van der Waals surface area (Å²) in [5, 5.41) is 1.14. The fourth-order valence-electron chi connectivity index (χ4n) is 3.68. The Bertz CT molecular complexity index is 958. The van der Waals surface area contributed by atoms with Crippen LogP contribution >= 0.6 is 0 Å². The average Bonchev–Trinajstić information content (AvgIpc) is 2.76. The second kappa shape index (κ2) is 11.2. The number of nitrogens with zero attached hydrogens (tertiary/aromatic N) is 2. The van der Waals surface area contributed by atoms with E-state index in [-0.39, 0.29) is 10.7 Å². The Morgan fingerprint density at radius 1 is 0.966 bits per heavy atom.